The summed E-state index contributed by atoms with van der Waals surface area (Å²) >= 11 is 0. The maximum atomic E-state index is 14.4. The molecule has 1 aromatic heterocycles. The standard InChI is InChI=1S/C34H34F3NO6/c1-4-5-22-6-10-25(11-7-22)42-31-29(39)26-14-15-28(43-33(40)23-8-12-24(41-3)13-9-23)27(20-38-18-16-21(2)17-19-38)30(26)44-32(31)34(35,36)37/h6-15,21H,4-5,16-20H2,1-3H3/p+1. The molecule has 1 aliphatic rings. The van der Waals surface area contributed by atoms with Crippen LogP contribution in [0.4, 0.5) is 13.2 Å². The van der Waals surface area contributed by atoms with Crippen LogP contribution in [0.15, 0.2) is 69.9 Å². The molecule has 7 nitrogen and oxygen atoms in total. The number of aryl methyl sites for hydroxylation is 1. The van der Waals surface area contributed by atoms with Gasteiger partial charge in [0.05, 0.1) is 36.7 Å². The van der Waals surface area contributed by atoms with Gasteiger partial charge in [-0.05, 0) is 79.3 Å². The first-order valence-corrected chi connectivity index (χ1v) is 14.7. The lowest BCUT2D eigenvalue weighted by Gasteiger charge is -2.28. The Morgan fingerprint density at radius 3 is 2.25 bits per heavy atom. The number of benzene rings is 3. The Balaban J connectivity index is 1.60. The Bertz CT molecular complexity index is 1670. The first-order chi connectivity index (χ1) is 21.1. The molecule has 3 aromatic carbocycles. The molecule has 2 heterocycles. The average molecular weight is 611 g/mol. The van der Waals surface area contributed by atoms with Gasteiger partial charge in [-0.2, -0.15) is 13.2 Å². The Morgan fingerprint density at radius 1 is 0.977 bits per heavy atom. The van der Waals surface area contributed by atoms with Crippen molar-refractivity contribution >= 4 is 16.9 Å². The predicted molar refractivity (Wildman–Crippen MR) is 159 cm³/mol. The number of carbonyl (C=O) groups excluding carboxylic acids is 1. The summed E-state index contributed by atoms with van der Waals surface area (Å²) in [6.45, 7) is 5.93. The topological polar surface area (TPSA) is 79.4 Å². The van der Waals surface area contributed by atoms with Crippen molar-refractivity contribution in [3.05, 3.63) is 93.3 Å². The van der Waals surface area contributed by atoms with E-state index in [1.54, 1.807) is 24.3 Å². The minimum absolute atomic E-state index is 0.0286. The van der Waals surface area contributed by atoms with Gasteiger partial charge in [0.15, 0.2) is 5.58 Å². The van der Waals surface area contributed by atoms with Gasteiger partial charge in [-0.3, -0.25) is 4.79 Å². The highest BCUT2D eigenvalue weighted by molar-refractivity contribution is 5.92. The summed E-state index contributed by atoms with van der Waals surface area (Å²) in [4.78, 5) is 27.8. The average Bonchev–Trinajstić information content (AvgIpc) is 3.01. The number of ether oxygens (including phenoxy) is 3. The molecule has 232 valence electrons. The third-order valence-electron chi connectivity index (χ3n) is 7.95. The van der Waals surface area contributed by atoms with Crippen molar-refractivity contribution in [1.29, 1.82) is 0 Å². The van der Waals surface area contributed by atoms with E-state index in [-0.39, 0.29) is 40.1 Å². The van der Waals surface area contributed by atoms with Crippen LogP contribution in [0.2, 0.25) is 0 Å². The monoisotopic (exact) mass is 610 g/mol. The van der Waals surface area contributed by atoms with E-state index < -0.39 is 29.1 Å². The van der Waals surface area contributed by atoms with Crippen molar-refractivity contribution in [3.63, 3.8) is 0 Å². The molecule has 1 aliphatic heterocycles. The summed E-state index contributed by atoms with van der Waals surface area (Å²) in [5.74, 6) is -2.01. The van der Waals surface area contributed by atoms with Gasteiger partial charge >= 0.3 is 12.1 Å². The van der Waals surface area contributed by atoms with E-state index in [4.69, 9.17) is 18.6 Å². The molecule has 1 saturated heterocycles. The van der Waals surface area contributed by atoms with Crippen LogP contribution in [0.25, 0.3) is 11.0 Å². The summed E-state index contributed by atoms with van der Waals surface area (Å²) < 4.78 is 65.3. The number of rotatable bonds is 9. The largest absolute Gasteiger partial charge is 0.497 e. The number of piperidine rings is 1. The third kappa shape index (κ3) is 6.91. The molecule has 0 spiro atoms. The molecule has 0 bridgehead atoms. The molecule has 0 unspecified atom stereocenters. The minimum Gasteiger partial charge on any atom is -0.497 e. The van der Waals surface area contributed by atoms with Crippen molar-refractivity contribution in [2.24, 2.45) is 5.92 Å². The molecule has 0 saturated carbocycles. The van der Waals surface area contributed by atoms with Crippen LogP contribution in [-0.4, -0.2) is 26.2 Å². The van der Waals surface area contributed by atoms with E-state index >= 15 is 0 Å². The molecule has 1 N–H and O–H groups in total. The Morgan fingerprint density at radius 2 is 1.64 bits per heavy atom. The molecule has 1 fully saturated rings. The van der Waals surface area contributed by atoms with Gasteiger partial charge in [0.25, 0.3) is 5.76 Å². The van der Waals surface area contributed by atoms with Gasteiger partial charge in [0, 0.05) is 0 Å². The second-order valence-electron chi connectivity index (χ2n) is 11.2. The van der Waals surface area contributed by atoms with Crippen LogP contribution in [0.1, 0.15) is 60.4 Å². The smallest absolute Gasteiger partial charge is 0.453 e. The number of nitrogens with one attached hydrogen (secondary N) is 1. The molecular formula is C34H35F3NO6+. The lowest BCUT2D eigenvalue weighted by molar-refractivity contribution is -0.919. The zero-order valence-electron chi connectivity index (χ0n) is 24.9. The number of carbonyl (C=O) groups is 1. The summed E-state index contributed by atoms with van der Waals surface area (Å²) in [5, 5.41) is -0.0976. The van der Waals surface area contributed by atoms with Crippen molar-refractivity contribution in [3.8, 4) is 23.0 Å². The summed E-state index contributed by atoms with van der Waals surface area (Å²) in [5.41, 5.74) is 0.193. The Kier molecular flexibility index (Phi) is 9.29. The van der Waals surface area contributed by atoms with Crippen LogP contribution in [0, 0.1) is 5.92 Å². The van der Waals surface area contributed by atoms with Crippen LogP contribution in [0.3, 0.4) is 0 Å². The zero-order valence-corrected chi connectivity index (χ0v) is 24.9. The summed E-state index contributed by atoms with van der Waals surface area (Å²) in [6.07, 6.45) is -1.45. The number of esters is 1. The van der Waals surface area contributed by atoms with Gasteiger partial charge in [0.2, 0.25) is 11.2 Å². The van der Waals surface area contributed by atoms with E-state index in [0.29, 0.717) is 11.7 Å². The fourth-order valence-corrected chi connectivity index (χ4v) is 5.44. The van der Waals surface area contributed by atoms with Crippen molar-refractivity contribution in [2.75, 3.05) is 20.2 Å². The highest BCUT2D eigenvalue weighted by Gasteiger charge is 2.41. The molecule has 44 heavy (non-hydrogen) atoms. The zero-order chi connectivity index (χ0) is 31.4. The Hall–Kier alpha value is -4.31. The fraction of sp³-hybridized carbons (Fsp3) is 0.353. The van der Waals surface area contributed by atoms with E-state index in [2.05, 4.69) is 6.92 Å². The van der Waals surface area contributed by atoms with Gasteiger partial charge < -0.3 is 23.5 Å². The summed E-state index contributed by atoms with van der Waals surface area (Å²) in [6, 6.07) is 15.6. The van der Waals surface area contributed by atoms with E-state index in [0.717, 1.165) is 49.2 Å². The molecule has 0 atom stereocenters. The fourth-order valence-electron chi connectivity index (χ4n) is 5.44. The number of hydrogen-bond donors (Lipinski definition) is 1. The van der Waals surface area contributed by atoms with Crippen LogP contribution in [0.5, 0.6) is 23.0 Å². The van der Waals surface area contributed by atoms with Crippen LogP contribution < -0.4 is 24.5 Å². The number of likely N-dealkylation sites (tertiary alicyclic amines) is 1. The Labute approximate surface area is 253 Å². The van der Waals surface area contributed by atoms with Gasteiger partial charge in [-0.15, -0.1) is 0 Å². The molecule has 10 heteroatoms. The van der Waals surface area contributed by atoms with Crippen molar-refractivity contribution < 1.29 is 41.5 Å². The third-order valence-corrected chi connectivity index (χ3v) is 7.95. The molecule has 5 rings (SSSR count). The van der Waals surface area contributed by atoms with Crippen molar-refractivity contribution in [2.45, 2.75) is 52.3 Å². The molecule has 0 radical (unpaired) electrons. The highest BCUT2D eigenvalue weighted by atomic mass is 19.4. The summed E-state index contributed by atoms with van der Waals surface area (Å²) in [7, 11) is 1.50. The molecule has 4 aromatic rings. The normalized spacial score (nSPS) is 17.0. The van der Waals surface area contributed by atoms with Crippen LogP contribution in [-0.2, 0) is 19.1 Å². The number of fused-ring (bicyclic) bond motifs is 1. The lowest BCUT2D eigenvalue weighted by atomic mass is 9.98. The maximum Gasteiger partial charge on any atom is 0.453 e. The quantitative estimate of drug-likeness (QED) is 0.170. The van der Waals surface area contributed by atoms with Crippen molar-refractivity contribution in [1.82, 2.24) is 0 Å². The van der Waals surface area contributed by atoms with Gasteiger partial charge in [0.1, 0.15) is 23.8 Å². The second kappa shape index (κ2) is 13.1. The highest BCUT2D eigenvalue weighted by Crippen LogP contribution is 2.40. The van der Waals surface area contributed by atoms with E-state index in [1.165, 1.54) is 43.5 Å². The maximum absolute atomic E-state index is 14.4. The van der Waals surface area contributed by atoms with E-state index in [9.17, 15) is 22.8 Å². The number of hydrogen-bond acceptors (Lipinski definition) is 6. The predicted octanol–water partition coefficient (Wildman–Crippen LogP) is 6.60. The van der Waals surface area contributed by atoms with E-state index in [1.807, 2.05) is 6.92 Å². The van der Waals surface area contributed by atoms with Gasteiger partial charge in [-0.1, -0.05) is 32.4 Å². The number of methoxy groups -OCH3 is 1. The SMILES string of the molecule is CCCc1ccc(Oc2c(C(F)(F)F)oc3c(C[NH+]4CCC(C)CC4)c(OC(=O)c4ccc(OC)cc4)ccc3c2=O)cc1. The molecule has 0 amide bonds. The number of quaternary nitrogens is 1. The van der Waals surface area contributed by atoms with Crippen LogP contribution >= 0.6 is 0 Å². The first kappa shape index (κ1) is 31.1. The molecular weight excluding hydrogens is 575 g/mol. The second-order valence-corrected chi connectivity index (χ2v) is 11.2. The minimum atomic E-state index is -5.04. The molecule has 0 aliphatic carbocycles. The van der Waals surface area contributed by atoms with Gasteiger partial charge in [-0.25, -0.2) is 4.79 Å². The first-order valence-electron chi connectivity index (χ1n) is 14.7. The lowest BCUT2D eigenvalue weighted by Crippen LogP contribution is -3.11. The number of halogens is 3. The number of alkyl halides is 3.